The molecule has 0 aliphatic carbocycles. The molecule has 0 spiro atoms. The number of ether oxygens (including phenoxy) is 1. The molecule has 2 aromatic heterocycles. The summed E-state index contributed by atoms with van der Waals surface area (Å²) in [5.41, 5.74) is 1.57. The van der Waals surface area contributed by atoms with Crippen molar-refractivity contribution in [3.8, 4) is 11.5 Å². The average Bonchev–Trinajstić information content (AvgIpc) is 2.93. The van der Waals surface area contributed by atoms with Gasteiger partial charge in [0.05, 0.1) is 5.52 Å². The lowest BCUT2D eigenvalue weighted by Gasteiger charge is -2.05. The van der Waals surface area contributed by atoms with Gasteiger partial charge in [-0.25, -0.2) is 0 Å². The lowest BCUT2D eigenvalue weighted by Crippen LogP contribution is -2.03. The van der Waals surface area contributed by atoms with E-state index in [-0.39, 0.29) is 6.61 Å². The van der Waals surface area contributed by atoms with E-state index in [9.17, 15) is 4.79 Å². The minimum atomic E-state index is -0.485. The molecule has 0 amide bonds. The summed E-state index contributed by atoms with van der Waals surface area (Å²) < 4.78 is 10.8. The number of hydrogen-bond donors (Lipinski definition) is 2. The third kappa shape index (κ3) is 2.42. The first-order valence-corrected chi connectivity index (χ1v) is 7.15. The highest BCUT2D eigenvalue weighted by atomic mass is 16.5. The lowest BCUT2D eigenvalue weighted by atomic mass is 10.1. The van der Waals surface area contributed by atoms with E-state index in [4.69, 9.17) is 14.3 Å². The van der Waals surface area contributed by atoms with Crippen LogP contribution in [0.3, 0.4) is 0 Å². The number of hydrogen-bond acceptors (Lipinski definition) is 4. The number of aromatic nitrogens is 1. The Balaban J connectivity index is 1.62. The highest BCUT2D eigenvalue weighted by Crippen LogP contribution is 2.28. The van der Waals surface area contributed by atoms with Crippen LogP contribution >= 0.6 is 0 Å². The van der Waals surface area contributed by atoms with Crippen LogP contribution in [0, 0.1) is 0 Å². The zero-order valence-electron chi connectivity index (χ0n) is 12.1. The molecule has 4 aromatic rings. The Kier molecular flexibility index (Phi) is 3.05. The first kappa shape index (κ1) is 13.5. The molecule has 0 fully saturated rings. The number of fused-ring (bicyclic) bond motifs is 3. The fourth-order valence-electron chi connectivity index (χ4n) is 2.60. The molecule has 0 aliphatic rings. The third-order valence-corrected chi connectivity index (χ3v) is 3.73. The molecule has 5 heteroatoms. The quantitative estimate of drug-likeness (QED) is 0.607. The van der Waals surface area contributed by atoms with E-state index in [1.165, 1.54) is 11.5 Å². The van der Waals surface area contributed by atoms with Crippen molar-refractivity contribution in [2.75, 3.05) is 0 Å². The molecular weight excluding hydrogens is 294 g/mol. The van der Waals surface area contributed by atoms with Crippen molar-refractivity contribution in [2.24, 2.45) is 0 Å². The van der Waals surface area contributed by atoms with Gasteiger partial charge in [0.1, 0.15) is 24.4 Å². The van der Waals surface area contributed by atoms with Crippen LogP contribution in [-0.4, -0.2) is 10.1 Å². The predicted molar refractivity (Wildman–Crippen MR) is 86.8 cm³/mol. The van der Waals surface area contributed by atoms with E-state index in [0.717, 1.165) is 22.7 Å². The summed E-state index contributed by atoms with van der Waals surface area (Å²) in [4.78, 5) is 14.7. The average molecular weight is 307 g/mol. The maximum Gasteiger partial charge on any atom is 0.226 e. The Labute approximate surface area is 130 Å². The molecule has 0 aliphatic heterocycles. The number of nitrogens with one attached hydrogen (secondary N) is 1. The van der Waals surface area contributed by atoms with Crippen molar-refractivity contribution in [2.45, 2.75) is 6.61 Å². The Morgan fingerprint density at radius 2 is 1.87 bits per heavy atom. The van der Waals surface area contributed by atoms with E-state index in [1.54, 1.807) is 0 Å². The van der Waals surface area contributed by atoms with Crippen molar-refractivity contribution in [1.29, 1.82) is 0 Å². The Morgan fingerprint density at radius 3 is 2.74 bits per heavy atom. The number of para-hydroxylation sites is 1. The highest BCUT2D eigenvalue weighted by Gasteiger charge is 2.06. The van der Waals surface area contributed by atoms with E-state index >= 15 is 0 Å². The van der Waals surface area contributed by atoms with Gasteiger partial charge < -0.3 is 19.2 Å². The van der Waals surface area contributed by atoms with E-state index in [2.05, 4.69) is 11.1 Å². The zero-order valence-corrected chi connectivity index (χ0v) is 12.1. The van der Waals surface area contributed by atoms with Gasteiger partial charge in [-0.3, -0.25) is 4.79 Å². The summed E-state index contributed by atoms with van der Waals surface area (Å²) in [6, 6.07) is 15.1. The largest absolute Gasteiger partial charge is 0.502 e. The van der Waals surface area contributed by atoms with Crippen molar-refractivity contribution >= 4 is 21.8 Å². The van der Waals surface area contributed by atoms with Crippen LogP contribution in [0.25, 0.3) is 21.8 Å². The molecule has 23 heavy (non-hydrogen) atoms. The van der Waals surface area contributed by atoms with Crippen LogP contribution in [0.2, 0.25) is 0 Å². The number of rotatable bonds is 3. The monoisotopic (exact) mass is 307 g/mol. The Bertz CT molecular complexity index is 1060. The Hall–Kier alpha value is -3.21. The van der Waals surface area contributed by atoms with Crippen LogP contribution in [0.15, 0.2) is 64.0 Å². The molecule has 2 aromatic carbocycles. The SMILES string of the molecule is O=c1cc(COc2ccc3c(c2)[nH]c2ccccc23)occ1O. The molecule has 2 N–H and O–H groups in total. The molecule has 0 saturated heterocycles. The number of H-pyrrole nitrogens is 1. The number of benzene rings is 2. The second-order valence-corrected chi connectivity index (χ2v) is 5.26. The summed E-state index contributed by atoms with van der Waals surface area (Å²) in [6.07, 6.45) is 1.02. The minimum Gasteiger partial charge on any atom is -0.502 e. The summed E-state index contributed by atoms with van der Waals surface area (Å²) in [7, 11) is 0. The lowest BCUT2D eigenvalue weighted by molar-refractivity contribution is 0.263. The van der Waals surface area contributed by atoms with Crippen LogP contribution in [-0.2, 0) is 6.61 Å². The maximum absolute atomic E-state index is 11.4. The second kappa shape index (κ2) is 5.21. The molecular formula is C18H13NO4. The minimum absolute atomic E-state index is 0.112. The van der Waals surface area contributed by atoms with Crippen LogP contribution < -0.4 is 10.2 Å². The first-order valence-electron chi connectivity index (χ1n) is 7.15. The molecule has 0 atom stereocenters. The third-order valence-electron chi connectivity index (χ3n) is 3.73. The van der Waals surface area contributed by atoms with Gasteiger partial charge in [0.15, 0.2) is 5.75 Å². The summed E-state index contributed by atoms with van der Waals surface area (Å²) in [6.45, 7) is 0.112. The van der Waals surface area contributed by atoms with Crippen molar-refractivity contribution in [3.05, 3.63) is 70.8 Å². The van der Waals surface area contributed by atoms with Gasteiger partial charge in [-0.1, -0.05) is 18.2 Å². The smallest absolute Gasteiger partial charge is 0.226 e. The van der Waals surface area contributed by atoms with Gasteiger partial charge in [-0.15, -0.1) is 0 Å². The van der Waals surface area contributed by atoms with E-state index in [1.807, 2.05) is 36.4 Å². The molecule has 0 bridgehead atoms. The molecule has 4 rings (SSSR count). The normalized spacial score (nSPS) is 11.1. The fourth-order valence-corrected chi connectivity index (χ4v) is 2.60. The van der Waals surface area contributed by atoms with E-state index in [0.29, 0.717) is 11.5 Å². The molecule has 0 unspecified atom stereocenters. The number of aromatic hydroxyl groups is 1. The first-order chi connectivity index (χ1) is 11.2. The highest BCUT2D eigenvalue weighted by molar-refractivity contribution is 6.07. The van der Waals surface area contributed by atoms with Crippen molar-refractivity contribution in [3.63, 3.8) is 0 Å². The van der Waals surface area contributed by atoms with Gasteiger partial charge in [-0.05, 0) is 18.2 Å². The molecule has 5 nitrogen and oxygen atoms in total. The van der Waals surface area contributed by atoms with Crippen molar-refractivity contribution in [1.82, 2.24) is 4.98 Å². The second-order valence-electron chi connectivity index (χ2n) is 5.26. The van der Waals surface area contributed by atoms with Gasteiger partial charge in [-0.2, -0.15) is 0 Å². The van der Waals surface area contributed by atoms with Crippen molar-refractivity contribution < 1.29 is 14.3 Å². The molecule has 0 saturated carbocycles. The molecule has 114 valence electrons. The molecule has 0 radical (unpaired) electrons. The van der Waals surface area contributed by atoms with Gasteiger partial charge in [0.2, 0.25) is 5.43 Å². The van der Waals surface area contributed by atoms with Crippen LogP contribution in [0.4, 0.5) is 0 Å². The van der Waals surface area contributed by atoms with Crippen LogP contribution in [0.5, 0.6) is 11.5 Å². The predicted octanol–water partition coefficient (Wildman–Crippen LogP) is 3.56. The van der Waals surface area contributed by atoms with Crippen LogP contribution in [0.1, 0.15) is 5.76 Å². The standard InChI is InChI=1S/C18H13NO4/c20-17-8-12(23-10-18(17)21)9-22-11-5-6-14-13-3-1-2-4-15(13)19-16(14)7-11/h1-8,10,19,21H,9H2. The Morgan fingerprint density at radius 1 is 1.04 bits per heavy atom. The zero-order chi connectivity index (χ0) is 15.8. The number of aromatic amines is 1. The topological polar surface area (TPSA) is 75.5 Å². The van der Waals surface area contributed by atoms with Gasteiger partial charge in [0, 0.05) is 28.4 Å². The summed E-state index contributed by atoms with van der Waals surface area (Å²) >= 11 is 0. The summed E-state index contributed by atoms with van der Waals surface area (Å²) in [5.74, 6) is 0.609. The maximum atomic E-state index is 11.4. The van der Waals surface area contributed by atoms with Gasteiger partial charge in [0.25, 0.3) is 0 Å². The van der Waals surface area contributed by atoms with E-state index < -0.39 is 11.2 Å². The van der Waals surface area contributed by atoms with Gasteiger partial charge >= 0.3 is 0 Å². The summed E-state index contributed by atoms with van der Waals surface area (Å²) in [5, 5.41) is 11.5. The molecule has 2 heterocycles. The fraction of sp³-hybridized carbons (Fsp3) is 0.0556.